The fourth-order valence-corrected chi connectivity index (χ4v) is 2.62. The second-order valence-electron chi connectivity index (χ2n) is 5.01. The molecular formula is C15H22ClN3O. The molecule has 0 amide bonds. The Bertz CT molecular complexity index is 473. The lowest BCUT2D eigenvalue weighted by atomic mass is 10.0. The minimum atomic E-state index is 0. The zero-order valence-corrected chi connectivity index (χ0v) is 12.9. The SMILES string of the molecule is CNC1CCCN(Cc2ccc(C#N)c(OC)c2)C1.Cl. The van der Waals surface area contributed by atoms with Crippen LogP contribution in [0, 0.1) is 11.3 Å². The van der Waals surface area contributed by atoms with Crippen molar-refractivity contribution in [2.24, 2.45) is 0 Å². The van der Waals surface area contributed by atoms with Gasteiger partial charge in [-0.05, 0) is 44.1 Å². The van der Waals surface area contributed by atoms with Gasteiger partial charge in [0, 0.05) is 19.1 Å². The average molecular weight is 296 g/mol. The number of halogens is 1. The van der Waals surface area contributed by atoms with Gasteiger partial charge in [0.05, 0.1) is 12.7 Å². The molecular weight excluding hydrogens is 274 g/mol. The van der Waals surface area contributed by atoms with Gasteiger partial charge in [0.1, 0.15) is 11.8 Å². The Labute approximate surface area is 127 Å². The maximum atomic E-state index is 8.98. The number of nitriles is 1. The first-order chi connectivity index (χ1) is 9.26. The second kappa shape index (κ2) is 8.11. The quantitative estimate of drug-likeness (QED) is 0.925. The van der Waals surface area contributed by atoms with E-state index in [-0.39, 0.29) is 12.4 Å². The summed E-state index contributed by atoms with van der Waals surface area (Å²) in [6.07, 6.45) is 2.49. The predicted molar refractivity (Wildman–Crippen MR) is 82.3 cm³/mol. The molecule has 0 saturated carbocycles. The Hall–Kier alpha value is -1.28. The number of likely N-dealkylation sites (N-methyl/N-ethyl adjacent to an activating group) is 1. The molecule has 5 heteroatoms. The minimum absolute atomic E-state index is 0. The van der Waals surface area contributed by atoms with Crippen LogP contribution in [0.3, 0.4) is 0 Å². The van der Waals surface area contributed by atoms with Gasteiger partial charge in [-0.3, -0.25) is 4.90 Å². The normalized spacial score (nSPS) is 18.9. The molecule has 1 aromatic carbocycles. The van der Waals surface area contributed by atoms with E-state index in [4.69, 9.17) is 10.00 Å². The first-order valence-corrected chi connectivity index (χ1v) is 6.73. The number of rotatable bonds is 4. The van der Waals surface area contributed by atoms with E-state index < -0.39 is 0 Å². The van der Waals surface area contributed by atoms with Crippen LogP contribution in [0.25, 0.3) is 0 Å². The molecule has 0 spiro atoms. The lowest BCUT2D eigenvalue weighted by Crippen LogP contribution is -2.43. The summed E-state index contributed by atoms with van der Waals surface area (Å²) in [5, 5.41) is 12.3. The highest BCUT2D eigenvalue weighted by Crippen LogP contribution is 2.21. The molecule has 0 bridgehead atoms. The molecule has 1 heterocycles. The van der Waals surface area contributed by atoms with Crippen molar-refractivity contribution in [1.29, 1.82) is 5.26 Å². The van der Waals surface area contributed by atoms with E-state index in [1.54, 1.807) is 7.11 Å². The van der Waals surface area contributed by atoms with E-state index in [1.807, 2.05) is 25.2 Å². The van der Waals surface area contributed by atoms with Crippen molar-refractivity contribution in [2.75, 3.05) is 27.2 Å². The van der Waals surface area contributed by atoms with E-state index in [0.29, 0.717) is 17.4 Å². The van der Waals surface area contributed by atoms with Gasteiger partial charge in [0.15, 0.2) is 0 Å². The summed E-state index contributed by atoms with van der Waals surface area (Å²) in [5.74, 6) is 0.669. The minimum Gasteiger partial charge on any atom is -0.495 e. The highest BCUT2D eigenvalue weighted by Gasteiger charge is 2.18. The highest BCUT2D eigenvalue weighted by molar-refractivity contribution is 5.85. The van der Waals surface area contributed by atoms with Crippen LogP contribution < -0.4 is 10.1 Å². The molecule has 4 nitrogen and oxygen atoms in total. The molecule has 1 atom stereocenters. The summed E-state index contributed by atoms with van der Waals surface area (Å²) in [6, 6.07) is 8.57. The molecule has 2 rings (SSSR count). The monoisotopic (exact) mass is 295 g/mol. The molecule has 20 heavy (non-hydrogen) atoms. The molecule has 1 saturated heterocycles. The summed E-state index contributed by atoms with van der Waals surface area (Å²) in [5.41, 5.74) is 1.80. The van der Waals surface area contributed by atoms with E-state index in [9.17, 15) is 0 Å². The third-order valence-electron chi connectivity index (χ3n) is 3.71. The van der Waals surface area contributed by atoms with Crippen molar-refractivity contribution in [3.05, 3.63) is 29.3 Å². The Kier molecular flexibility index (Phi) is 6.80. The third kappa shape index (κ3) is 4.11. The van der Waals surface area contributed by atoms with Crippen LogP contribution in [0.2, 0.25) is 0 Å². The maximum absolute atomic E-state index is 8.98. The number of likely N-dealkylation sites (tertiary alicyclic amines) is 1. The van der Waals surface area contributed by atoms with Crippen LogP contribution in [0.5, 0.6) is 5.75 Å². The van der Waals surface area contributed by atoms with E-state index in [0.717, 1.165) is 19.6 Å². The summed E-state index contributed by atoms with van der Waals surface area (Å²) in [7, 11) is 3.64. The Balaban J connectivity index is 0.00000200. The summed E-state index contributed by atoms with van der Waals surface area (Å²) >= 11 is 0. The van der Waals surface area contributed by atoms with Crippen molar-refractivity contribution < 1.29 is 4.74 Å². The summed E-state index contributed by atoms with van der Waals surface area (Å²) < 4.78 is 5.25. The van der Waals surface area contributed by atoms with Crippen LogP contribution in [0.1, 0.15) is 24.0 Å². The summed E-state index contributed by atoms with van der Waals surface area (Å²) in [6.45, 7) is 3.14. The molecule has 0 radical (unpaired) electrons. The van der Waals surface area contributed by atoms with Crippen LogP contribution >= 0.6 is 12.4 Å². The second-order valence-corrected chi connectivity index (χ2v) is 5.01. The number of benzene rings is 1. The summed E-state index contributed by atoms with van der Waals surface area (Å²) in [4.78, 5) is 2.45. The topological polar surface area (TPSA) is 48.3 Å². The molecule has 0 aromatic heterocycles. The number of ether oxygens (including phenoxy) is 1. The van der Waals surface area contributed by atoms with Gasteiger partial charge in [0.25, 0.3) is 0 Å². The first-order valence-electron chi connectivity index (χ1n) is 6.73. The Morgan fingerprint density at radius 2 is 2.30 bits per heavy atom. The van der Waals surface area contributed by atoms with Crippen LogP contribution in [0.15, 0.2) is 18.2 Å². The molecule has 1 unspecified atom stereocenters. The molecule has 1 fully saturated rings. The fraction of sp³-hybridized carbons (Fsp3) is 0.533. The van der Waals surface area contributed by atoms with Gasteiger partial charge in [-0.25, -0.2) is 0 Å². The zero-order chi connectivity index (χ0) is 13.7. The van der Waals surface area contributed by atoms with Crippen molar-refractivity contribution in [3.8, 4) is 11.8 Å². The first kappa shape index (κ1) is 16.8. The number of piperidine rings is 1. The number of nitrogens with zero attached hydrogens (tertiary/aromatic N) is 2. The lowest BCUT2D eigenvalue weighted by Gasteiger charge is -2.32. The maximum Gasteiger partial charge on any atom is 0.136 e. The Morgan fingerprint density at radius 1 is 1.50 bits per heavy atom. The predicted octanol–water partition coefficient (Wildman–Crippen LogP) is 2.17. The van der Waals surface area contributed by atoms with Crippen LogP contribution in [0.4, 0.5) is 0 Å². The molecule has 1 aliphatic rings. The van der Waals surface area contributed by atoms with E-state index >= 15 is 0 Å². The van der Waals surface area contributed by atoms with Gasteiger partial charge in [-0.1, -0.05) is 6.07 Å². The van der Waals surface area contributed by atoms with Gasteiger partial charge in [-0.15, -0.1) is 12.4 Å². The number of methoxy groups -OCH3 is 1. The van der Waals surface area contributed by atoms with E-state index in [1.165, 1.54) is 18.4 Å². The van der Waals surface area contributed by atoms with E-state index in [2.05, 4.69) is 16.3 Å². The van der Waals surface area contributed by atoms with Gasteiger partial charge in [0.2, 0.25) is 0 Å². The average Bonchev–Trinajstić information content (AvgIpc) is 2.47. The molecule has 0 aliphatic carbocycles. The number of hydrogen-bond acceptors (Lipinski definition) is 4. The molecule has 1 aliphatic heterocycles. The lowest BCUT2D eigenvalue weighted by molar-refractivity contribution is 0.188. The van der Waals surface area contributed by atoms with Crippen molar-refractivity contribution >= 4 is 12.4 Å². The molecule has 1 N–H and O–H groups in total. The molecule has 110 valence electrons. The largest absolute Gasteiger partial charge is 0.495 e. The van der Waals surface area contributed by atoms with Gasteiger partial charge in [-0.2, -0.15) is 5.26 Å². The number of nitrogens with one attached hydrogen (secondary N) is 1. The smallest absolute Gasteiger partial charge is 0.136 e. The van der Waals surface area contributed by atoms with Crippen molar-refractivity contribution in [2.45, 2.75) is 25.4 Å². The Morgan fingerprint density at radius 3 is 2.95 bits per heavy atom. The van der Waals surface area contributed by atoms with Crippen molar-refractivity contribution in [1.82, 2.24) is 10.2 Å². The highest BCUT2D eigenvalue weighted by atomic mass is 35.5. The van der Waals surface area contributed by atoms with Crippen molar-refractivity contribution in [3.63, 3.8) is 0 Å². The fourth-order valence-electron chi connectivity index (χ4n) is 2.62. The zero-order valence-electron chi connectivity index (χ0n) is 12.1. The number of hydrogen-bond donors (Lipinski definition) is 1. The van der Waals surface area contributed by atoms with Gasteiger partial charge >= 0.3 is 0 Å². The van der Waals surface area contributed by atoms with Gasteiger partial charge < -0.3 is 10.1 Å². The standard InChI is InChI=1S/C15H21N3O.ClH/c1-17-14-4-3-7-18(11-14)10-12-5-6-13(9-16)15(8-12)19-2;/h5-6,8,14,17H,3-4,7,10-11H2,1-2H3;1H. The third-order valence-corrected chi connectivity index (χ3v) is 3.71. The molecule has 1 aromatic rings. The van der Waals surface area contributed by atoms with Crippen LogP contribution in [-0.2, 0) is 6.54 Å². The van der Waals surface area contributed by atoms with Crippen LogP contribution in [-0.4, -0.2) is 38.2 Å².